The van der Waals surface area contributed by atoms with Crippen molar-refractivity contribution < 1.29 is 9.47 Å². The molecular weight excluding hydrogens is 404 g/mol. The molecule has 3 aromatic rings. The summed E-state index contributed by atoms with van der Waals surface area (Å²) in [7, 11) is 8.09. The van der Waals surface area contributed by atoms with Gasteiger partial charge in [0.05, 0.1) is 17.5 Å². The minimum atomic E-state index is -0.194. The first-order valence-corrected chi connectivity index (χ1v) is 11.9. The maximum Gasteiger partial charge on any atom is 0.199 e. The average Bonchev–Trinajstić information content (AvgIpc) is 3.29. The Hall–Kier alpha value is -2.63. The molecule has 162 valence electrons. The summed E-state index contributed by atoms with van der Waals surface area (Å²) in [4.78, 5) is 8.14. The Kier molecular flexibility index (Phi) is 6.73. The molecule has 1 aliphatic rings. The molecule has 1 unspecified atom stereocenters. The van der Waals surface area contributed by atoms with Gasteiger partial charge in [0.15, 0.2) is 21.0 Å². The number of hydrogen-bond acceptors (Lipinski definition) is 4. The summed E-state index contributed by atoms with van der Waals surface area (Å²) in [6.45, 7) is 0.790. The zero-order valence-corrected chi connectivity index (χ0v) is 19.6. The first kappa shape index (κ1) is 21.6. The van der Waals surface area contributed by atoms with Crippen LogP contribution in [0.5, 0.6) is 5.75 Å². The Morgan fingerprint density at radius 2 is 1.16 bits per heavy atom. The van der Waals surface area contributed by atoms with Gasteiger partial charge >= 0.3 is 0 Å². The smallest absolute Gasteiger partial charge is 0.199 e. The molecule has 0 N–H and O–H groups in total. The van der Waals surface area contributed by atoms with Crippen molar-refractivity contribution in [2.75, 3.05) is 44.6 Å². The maximum atomic E-state index is 5.98. The van der Waals surface area contributed by atoms with E-state index in [1.807, 2.05) is 0 Å². The second-order valence-electron chi connectivity index (χ2n) is 8.11. The lowest BCUT2D eigenvalue weighted by atomic mass is 10.3. The van der Waals surface area contributed by atoms with Crippen molar-refractivity contribution in [2.24, 2.45) is 0 Å². The van der Waals surface area contributed by atoms with Gasteiger partial charge < -0.3 is 19.3 Å². The van der Waals surface area contributed by atoms with Crippen molar-refractivity contribution in [2.45, 2.75) is 33.8 Å². The van der Waals surface area contributed by atoms with Gasteiger partial charge in [-0.2, -0.15) is 0 Å². The van der Waals surface area contributed by atoms with Crippen LogP contribution >= 0.6 is 0 Å². The number of benzene rings is 3. The molecule has 1 heterocycles. The van der Waals surface area contributed by atoms with Gasteiger partial charge in [0, 0.05) is 46.0 Å². The second-order valence-corrected chi connectivity index (χ2v) is 10.1. The van der Waals surface area contributed by atoms with Crippen molar-refractivity contribution >= 4 is 22.3 Å². The van der Waals surface area contributed by atoms with Crippen LogP contribution in [0.1, 0.15) is 12.8 Å². The van der Waals surface area contributed by atoms with Crippen LogP contribution < -0.4 is 14.5 Å². The van der Waals surface area contributed by atoms with Crippen LogP contribution in [-0.2, 0) is 15.6 Å². The zero-order chi connectivity index (χ0) is 21.8. The SMILES string of the molecule is CN(C)c1ccc([S+](c2ccc(OC3CCCO3)cc2)c2ccc(N(C)C)cc2)cc1. The minimum absolute atomic E-state index is 0.110. The third-order valence-corrected chi connectivity index (χ3v) is 7.62. The second kappa shape index (κ2) is 9.67. The van der Waals surface area contributed by atoms with Crippen LogP contribution in [0.15, 0.2) is 87.5 Å². The fraction of sp³-hybridized carbons (Fsp3) is 0.308. The highest BCUT2D eigenvalue weighted by atomic mass is 32.2. The minimum Gasteiger partial charge on any atom is -0.465 e. The third kappa shape index (κ3) is 5.17. The van der Waals surface area contributed by atoms with E-state index in [9.17, 15) is 0 Å². The molecule has 5 heteroatoms. The van der Waals surface area contributed by atoms with Gasteiger partial charge in [-0.05, 0) is 79.2 Å². The van der Waals surface area contributed by atoms with Gasteiger partial charge in [-0.25, -0.2) is 0 Å². The molecule has 1 fully saturated rings. The van der Waals surface area contributed by atoms with Gasteiger partial charge in [-0.15, -0.1) is 0 Å². The van der Waals surface area contributed by atoms with Gasteiger partial charge in [-0.3, -0.25) is 0 Å². The summed E-state index contributed by atoms with van der Waals surface area (Å²) in [6, 6.07) is 26.3. The summed E-state index contributed by atoms with van der Waals surface area (Å²) in [6.07, 6.45) is 1.92. The standard InChI is InChI=1S/C26H31N2O2S/c1-27(2)20-7-13-23(14-8-20)31(24-15-9-21(10-16-24)28(3)4)25-17-11-22(12-18-25)30-26-6-5-19-29-26/h7-18,26H,5-6,19H2,1-4H3/q+1. The van der Waals surface area contributed by atoms with Crippen molar-refractivity contribution in [3.63, 3.8) is 0 Å². The molecule has 3 aromatic carbocycles. The molecule has 0 bridgehead atoms. The lowest BCUT2D eigenvalue weighted by Gasteiger charge is -2.15. The van der Waals surface area contributed by atoms with E-state index in [4.69, 9.17) is 9.47 Å². The fourth-order valence-electron chi connectivity index (χ4n) is 3.62. The monoisotopic (exact) mass is 435 g/mol. The number of ether oxygens (including phenoxy) is 2. The van der Waals surface area contributed by atoms with Crippen LogP contribution in [-0.4, -0.2) is 41.1 Å². The Balaban J connectivity index is 1.65. The van der Waals surface area contributed by atoms with E-state index in [2.05, 4.69) is 111 Å². The summed E-state index contributed by atoms with van der Waals surface area (Å²) in [5.41, 5.74) is 2.41. The molecule has 1 saturated heterocycles. The van der Waals surface area contributed by atoms with E-state index in [1.165, 1.54) is 26.1 Å². The molecule has 0 radical (unpaired) electrons. The summed E-state index contributed by atoms with van der Waals surface area (Å²) in [5, 5.41) is 0. The molecule has 0 aliphatic carbocycles. The number of hydrogen-bond donors (Lipinski definition) is 0. The average molecular weight is 436 g/mol. The summed E-state index contributed by atoms with van der Waals surface area (Å²) >= 11 is 0. The van der Waals surface area contributed by atoms with Crippen LogP contribution in [0.4, 0.5) is 11.4 Å². The molecule has 0 aromatic heterocycles. The largest absolute Gasteiger partial charge is 0.465 e. The summed E-state index contributed by atoms with van der Waals surface area (Å²) in [5.74, 6) is 0.866. The molecule has 4 rings (SSSR count). The molecule has 0 saturated carbocycles. The van der Waals surface area contributed by atoms with E-state index in [1.54, 1.807) is 0 Å². The Labute approximate surface area is 188 Å². The highest BCUT2D eigenvalue weighted by Crippen LogP contribution is 2.34. The van der Waals surface area contributed by atoms with Crippen LogP contribution in [0.3, 0.4) is 0 Å². The highest BCUT2D eigenvalue weighted by molar-refractivity contribution is 7.97. The van der Waals surface area contributed by atoms with Crippen molar-refractivity contribution in [1.29, 1.82) is 0 Å². The van der Waals surface area contributed by atoms with Crippen molar-refractivity contribution in [3.8, 4) is 5.75 Å². The molecule has 1 aliphatic heterocycles. The Bertz CT molecular complexity index is 912. The maximum absolute atomic E-state index is 5.98. The van der Waals surface area contributed by atoms with Crippen LogP contribution in [0, 0.1) is 0 Å². The topological polar surface area (TPSA) is 24.9 Å². The Morgan fingerprint density at radius 1 is 0.710 bits per heavy atom. The fourth-order valence-corrected chi connectivity index (χ4v) is 5.66. The lowest BCUT2D eigenvalue weighted by Crippen LogP contribution is -2.14. The first-order chi connectivity index (χ1) is 15.0. The molecule has 0 spiro atoms. The summed E-state index contributed by atoms with van der Waals surface area (Å²) < 4.78 is 11.6. The van der Waals surface area contributed by atoms with Gasteiger partial charge in [0.2, 0.25) is 0 Å². The highest BCUT2D eigenvalue weighted by Gasteiger charge is 2.29. The predicted molar refractivity (Wildman–Crippen MR) is 130 cm³/mol. The first-order valence-electron chi connectivity index (χ1n) is 10.7. The molecule has 4 nitrogen and oxygen atoms in total. The zero-order valence-electron chi connectivity index (χ0n) is 18.7. The number of rotatable bonds is 7. The quantitative estimate of drug-likeness (QED) is 0.462. The van der Waals surface area contributed by atoms with E-state index >= 15 is 0 Å². The number of nitrogens with zero attached hydrogens (tertiary/aromatic N) is 2. The van der Waals surface area contributed by atoms with Gasteiger partial charge in [0.1, 0.15) is 5.75 Å². The molecular formula is C26H31N2O2S+. The molecule has 31 heavy (non-hydrogen) atoms. The third-order valence-electron chi connectivity index (χ3n) is 5.39. The Morgan fingerprint density at radius 3 is 1.55 bits per heavy atom. The number of anilines is 2. The van der Waals surface area contributed by atoms with Crippen molar-refractivity contribution in [3.05, 3.63) is 72.8 Å². The lowest BCUT2D eigenvalue weighted by molar-refractivity contribution is -0.0390. The van der Waals surface area contributed by atoms with Crippen LogP contribution in [0.2, 0.25) is 0 Å². The van der Waals surface area contributed by atoms with E-state index in [-0.39, 0.29) is 17.2 Å². The van der Waals surface area contributed by atoms with E-state index in [0.717, 1.165) is 25.2 Å². The van der Waals surface area contributed by atoms with E-state index in [0.29, 0.717) is 0 Å². The van der Waals surface area contributed by atoms with Crippen molar-refractivity contribution in [1.82, 2.24) is 0 Å². The molecule has 1 atom stereocenters. The predicted octanol–water partition coefficient (Wildman–Crippen LogP) is 5.43. The van der Waals surface area contributed by atoms with E-state index < -0.39 is 0 Å². The van der Waals surface area contributed by atoms with Gasteiger partial charge in [0.25, 0.3) is 0 Å². The van der Waals surface area contributed by atoms with Gasteiger partial charge in [-0.1, -0.05) is 0 Å². The van der Waals surface area contributed by atoms with Crippen LogP contribution in [0.25, 0.3) is 0 Å². The molecule has 0 amide bonds. The normalized spacial score (nSPS) is 15.8.